The summed E-state index contributed by atoms with van der Waals surface area (Å²) >= 11 is 0. The van der Waals surface area contributed by atoms with Crippen LogP contribution in [0.4, 0.5) is 0 Å². The number of ether oxygens (including phenoxy) is 1. The van der Waals surface area contributed by atoms with Crippen LogP contribution in [0.25, 0.3) is 0 Å². The lowest BCUT2D eigenvalue weighted by molar-refractivity contribution is -0.149. The highest BCUT2D eigenvalue weighted by molar-refractivity contribution is 5.73. The Labute approximate surface area is 69.8 Å². The van der Waals surface area contributed by atoms with Crippen molar-refractivity contribution in [1.29, 1.82) is 0 Å². The van der Waals surface area contributed by atoms with Crippen LogP contribution in [-0.2, 0) is 9.53 Å². The molecule has 4 nitrogen and oxygen atoms in total. The van der Waals surface area contributed by atoms with E-state index in [9.17, 15) is 4.79 Å². The summed E-state index contributed by atoms with van der Waals surface area (Å²) in [5.41, 5.74) is 0. The van der Waals surface area contributed by atoms with Crippen LogP contribution in [0, 0.1) is 6.92 Å². The molecule has 0 aliphatic rings. The quantitative estimate of drug-likeness (QED) is 0.744. The van der Waals surface area contributed by atoms with Gasteiger partial charge in [0.15, 0.2) is 0 Å². The van der Waals surface area contributed by atoms with E-state index in [0.717, 1.165) is 0 Å². The van der Waals surface area contributed by atoms with Crippen molar-refractivity contribution in [3.63, 3.8) is 0 Å². The molecule has 0 saturated carbocycles. The highest BCUT2D eigenvalue weighted by atomic mass is 16.5. The standard InChI is InChI=1S/C8H10O4/c1-5-3-4-6(12-5)7(11-2)8(9)10/h3-4,7H,1-2H3,(H,9,10). The number of carboxylic acids is 1. The molecule has 0 aliphatic carbocycles. The van der Waals surface area contributed by atoms with Crippen LogP contribution in [0.2, 0.25) is 0 Å². The number of carboxylic acid groups (broad SMARTS) is 1. The number of rotatable bonds is 3. The minimum absolute atomic E-state index is 0.322. The van der Waals surface area contributed by atoms with E-state index in [2.05, 4.69) is 0 Å². The van der Waals surface area contributed by atoms with Gasteiger partial charge in [0.05, 0.1) is 0 Å². The smallest absolute Gasteiger partial charge is 0.340 e. The zero-order valence-electron chi connectivity index (χ0n) is 6.90. The van der Waals surface area contributed by atoms with E-state index in [1.807, 2.05) is 0 Å². The summed E-state index contributed by atoms with van der Waals surface area (Å²) in [5.74, 6) is -0.0531. The summed E-state index contributed by atoms with van der Waals surface area (Å²) in [7, 11) is 1.33. The molecule has 1 aromatic heterocycles. The number of aliphatic carboxylic acids is 1. The summed E-state index contributed by atoms with van der Waals surface area (Å²) in [5, 5.41) is 8.65. The third-order valence-corrected chi connectivity index (χ3v) is 1.48. The van der Waals surface area contributed by atoms with E-state index >= 15 is 0 Å². The minimum Gasteiger partial charge on any atom is -0.479 e. The molecule has 0 radical (unpaired) electrons. The van der Waals surface area contributed by atoms with Crippen LogP contribution < -0.4 is 0 Å². The molecule has 0 aromatic carbocycles. The molecule has 1 unspecified atom stereocenters. The van der Waals surface area contributed by atoms with Gasteiger partial charge in [0.25, 0.3) is 0 Å². The Bertz CT molecular complexity index is 276. The van der Waals surface area contributed by atoms with E-state index in [4.69, 9.17) is 14.3 Å². The minimum atomic E-state index is -1.05. The fourth-order valence-corrected chi connectivity index (χ4v) is 0.933. The Hall–Kier alpha value is -1.29. The van der Waals surface area contributed by atoms with Crippen molar-refractivity contribution in [3.8, 4) is 0 Å². The fourth-order valence-electron chi connectivity index (χ4n) is 0.933. The van der Waals surface area contributed by atoms with Gasteiger partial charge >= 0.3 is 5.97 Å². The van der Waals surface area contributed by atoms with Crippen molar-refractivity contribution in [2.24, 2.45) is 0 Å². The molecule has 1 aromatic rings. The van der Waals surface area contributed by atoms with Crippen LogP contribution in [0.5, 0.6) is 0 Å². The fraction of sp³-hybridized carbons (Fsp3) is 0.375. The Morgan fingerprint density at radius 2 is 2.33 bits per heavy atom. The maximum Gasteiger partial charge on any atom is 0.340 e. The van der Waals surface area contributed by atoms with Gasteiger partial charge in [-0.25, -0.2) is 4.79 Å². The van der Waals surface area contributed by atoms with Crippen LogP contribution in [-0.4, -0.2) is 18.2 Å². The van der Waals surface area contributed by atoms with Gasteiger partial charge in [0, 0.05) is 7.11 Å². The van der Waals surface area contributed by atoms with E-state index in [-0.39, 0.29) is 0 Å². The first-order chi connectivity index (χ1) is 5.65. The number of furan rings is 1. The first-order valence-electron chi connectivity index (χ1n) is 3.47. The van der Waals surface area contributed by atoms with E-state index in [1.54, 1.807) is 19.1 Å². The second-order valence-electron chi connectivity index (χ2n) is 2.40. The summed E-state index contributed by atoms with van der Waals surface area (Å²) in [6.45, 7) is 1.75. The van der Waals surface area contributed by atoms with Gasteiger partial charge in [-0.15, -0.1) is 0 Å². The van der Waals surface area contributed by atoms with E-state index in [0.29, 0.717) is 11.5 Å². The second kappa shape index (κ2) is 3.40. The second-order valence-corrected chi connectivity index (χ2v) is 2.40. The molecule has 1 rings (SSSR count). The average Bonchev–Trinajstić information content (AvgIpc) is 2.37. The SMILES string of the molecule is COC(C(=O)O)c1ccc(C)o1. The Balaban J connectivity index is 2.87. The number of carbonyl (C=O) groups is 1. The molecular formula is C8H10O4. The summed E-state index contributed by atoms with van der Waals surface area (Å²) in [6.07, 6.45) is -1.00. The largest absolute Gasteiger partial charge is 0.479 e. The van der Waals surface area contributed by atoms with Gasteiger partial charge in [-0.3, -0.25) is 0 Å². The lowest BCUT2D eigenvalue weighted by Crippen LogP contribution is -2.12. The molecule has 66 valence electrons. The lowest BCUT2D eigenvalue weighted by atomic mass is 10.3. The van der Waals surface area contributed by atoms with Crippen molar-refractivity contribution >= 4 is 5.97 Å². The molecule has 12 heavy (non-hydrogen) atoms. The Morgan fingerprint density at radius 3 is 2.67 bits per heavy atom. The molecule has 1 atom stereocenters. The molecule has 1 N–H and O–H groups in total. The zero-order chi connectivity index (χ0) is 9.14. The maximum absolute atomic E-state index is 10.6. The molecule has 4 heteroatoms. The van der Waals surface area contributed by atoms with Gasteiger partial charge in [-0.2, -0.15) is 0 Å². The van der Waals surface area contributed by atoms with E-state index in [1.165, 1.54) is 7.11 Å². The van der Waals surface area contributed by atoms with Gasteiger partial charge in [0.1, 0.15) is 11.5 Å². The molecule has 0 spiro atoms. The molecule has 0 aliphatic heterocycles. The van der Waals surface area contributed by atoms with Crippen molar-refractivity contribution in [3.05, 3.63) is 23.7 Å². The number of hydrogen-bond acceptors (Lipinski definition) is 3. The van der Waals surface area contributed by atoms with Crippen molar-refractivity contribution < 1.29 is 19.1 Å². The van der Waals surface area contributed by atoms with Gasteiger partial charge in [0.2, 0.25) is 6.10 Å². The third-order valence-electron chi connectivity index (χ3n) is 1.48. The summed E-state index contributed by atoms with van der Waals surface area (Å²) < 4.78 is 9.81. The predicted octanol–water partition coefficient (Wildman–Crippen LogP) is 1.36. The van der Waals surface area contributed by atoms with Gasteiger partial charge < -0.3 is 14.3 Å². The molecule has 0 amide bonds. The predicted molar refractivity (Wildman–Crippen MR) is 40.8 cm³/mol. The zero-order valence-corrected chi connectivity index (χ0v) is 6.90. The monoisotopic (exact) mass is 170 g/mol. The van der Waals surface area contributed by atoms with Gasteiger partial charge in [-0.1, -0.05) is 0 Å². The third kappa shape index (κ3) is 1.65. The van der Waals surface area contributed by atoms with Crippen LogP contribution in [0.3, 0.4) is 0 Å². The normalized spacial score (nSPS) is 12.8. The number of methoxy groups -OCH3 is 1. The van der Waals surface area contributed by atoms with Crippen LogP contribution in [0.1, 0.15) is 17.6 Å². The number of hydrogen-bond donors (Lipinski definition) is 1. The topological polar surface area (TPSA) is 59.7 Å². The highest BCUT2D eigenvalue weighted by Crippen LogP contribution is 2.18. The average molecular weight is 170 g/mol. The van der Waals surface area contributed by atoms with Crippen molar-refractivity contribution in [2.45, 2.75) is 13.0 Å². The highest BCUT2D eigenvalue weighted by Gasteiger charge is 2.21. The molecule has 0 bridgehead atoms. The van der Waals surface area contributed by atoms with Crippen LogP contribution in [0.15, 0.2) is 16.5 Å². The molecular weight excluding hydrogens is 160 g/mol. The maximum atomic E-state index is 10.6. The van der Waals surface area contributed by atoms with Gasteiger partial charge in [-0.05, 0) is 19.1 Å². The van der Waals surface area contributed by atoms with Crippen molar-refractivity contribution in [2.75, 3.05) is 7.11 Å². The lowest BCUT2D eigenvalue weighted by Gasteiger charge is -2.05. The molecule has 0 fully saturated rings. The number of aryl methyl sites for hydroxylation is 1. The Kier molecular flexibility index (Phi) is 2.50. The Morgan fingerprint density at radius 1 is 1.67 bits per heavy atom. The molecule has 1 heterocycles. The van der Waals surface area contributed by atoms with E-state index < -0.39 is 12.1 Å². The molecule has 0 saturated heterocycles. The van der Waals surface area contributed by atoms with Crippen molar-refractivity contribution in [1.82, 2.24) is 0 Å². The summed E-state index contributed by atoms with van der Waals surface area (Å²) in [4.78, 5) is 10.6. The first kappa shape index (κ1) is 8.80. The first-order valence-corrected chi connectivity index (χ1v) is 3.47. The summed E-state index contributed by atoms with van der Waals surface area (Å²) in [6, 6.07) is 3.29. The van der Waals surface area contributed by atoms with Crippen LogP contribution >= 0.6 is 0 Å².